The molecule has 0 aromatic heterocycles. The maximum atomic E-state index is 2.34. The summed E-state index contributed by atoms with van der Waals surface area (Å²) < 4.78 is 0. The van der Waals surface area contributed by atoms with Gasteiger partial charge in [-0.2, -0.15) is 0 Å². The summed E-state index contributed by atoms with van der Waals surface area (Å²) in [6.45, 7) is 8.51. The van der Waals surface area contributed by atoms with E-state index in [0.717, 1.165) is 11.8 Å². The lowest BCUT2D eigenvalue weighted by Gasteiger charge is -2.31. The van der Waals surface area contributed by atoms with Crippen molar-refractivity contribution < 1.29 is 0 Å². The molecule has 2 rings (SSSR count). The van der Waals surface area contributed by atoms with E-state index in [2.05, 4.69) is 38.1 Å². The molecule has 1 aromatic rings. The summed E-state index contributed by atoms with van der Waals surface area (Å²) in [6, 6.07) is 9.20. The third kappa shape index (κ3) is 3.87. The van der Waals surface area contributed by atoms with Crippen LogP contribution in [0.3, 0.4) is 0 Å². The molecule has 1 aromatic carbocycles. The van der Waals surface area contributed by atoms with E-state index in [0.29, 0.717) is 0 Å². The fraction of sp³-hybridized carbons (Fsp3) is 0.647. The first kappa shape index (κ1) is 14.3. The molecule has 17 heavy (non-hydrogen) atoms. The van der Waals surface area contributed by atoms with Gasteiger partial charge in [-0.15, -0.1) is 0 Å². The smallest absolute Gasteiger partial charge is 0.0134 e. The lowest BCUT2D eigenvalue weighted by Crippen LogP contribution is -2.16. The molecular formula is C17H28. The van der Waals surface area contributed by atoms with Crippen molar-refractivity contribution in [2.45, 2.75) is 65.7 Å². The molecule has 0 radical (unpaired) electrons. The SMILES string of the molecule is CC.CCC1CCCC[C@H]1c1ccc(C)cc1. The van der Waals surface area contributed by atoms with E-state index in [9.17, 15) is 0 Å². The molecule has 0 amide bonds. The molecule has 1 aliphatic rings. The zero-order valence-corrected chi connectivity index (χ0v) is 12.0. The number of rotatable bonds is 2. The zero-order valence-electron chi connectivity index (χ0n) is 12.0. The van der Waals surface area contributed by atoms with Crippen molar-refractivity contribution >= 4 is 0 Å². The van der Waals surface area contributed by atoms with Crippen molar-refractivity contribution in [1.29, 1.82) is 0 Å². The maximum Gasteiger partial charge on any atom is -0.0134 e. The third-order valence-corrected chi connectivity index (χ3v) is 3.94. The summed E-state index contributed by atoms with van der Waals surface area (Å²) in [5.74, 6) is 1.77. The lowest BCUT2D eigenvalue weighted by atomic mass is 9.74. The van der Waals surface area contributed by atoms with Crippen LogP contribution in [0.4, 0.5) is 0 Å². The highest BCUT2D eigenvalue weighted by atomic mass is 14.3. The molecule has 0 N–H and O–H groups in total. The number of aryl methyl sites for hydroxylation is 1. The van der Waals surface area contributed by atoms with Crippen molar-refractivity contribution in [2.75, 3.05) is 0 Å². The van der Waals surface area contributed by atoms with Crippen LogP contribution < -0.4 is 0 Å². The standard InChI is InChI=1S/C15H22.C2H6/c1-3-13-6-4-5-7-15(13)14-10-8-12(2)9-11-14;1-2/h8-11,13,15H,3-7H2,1-2H3;1-2H3/t13?,15-;/m1./s1. The van der Waals surface area contributed by atoms with Crippen LogP contribution in [-0.4, -0.2) is 0 Å². The van der Waals surface area contributed by atoms with Crippen LogP contribution in [-0.2, 0) is 0 Å². The van der Waals surface area contributed by atoms with Gasteiger partial charge in [0.2, 0.25) is 0 Å². The van der Waals surface area contributed by atoms with Crippen LogP contribution in [0, 0.1) is 12.8 Å². The van der Waals surface area contributed by atoms with Crippen LogP contribution in [0.25, 0.3) is 0 Å². The van der Waals surface area contributed by atoms with Gasteiger partial charge in [-0.25, -0.2) is 0 Å². The highest BCUT2D eigenvalue weighted by molar-refractivity contribution is 5.25. The summed E-state index contributed by atoms with van der Waals surface area (Å²) in [4.78, 5) is 0. The maximum absolute atomic E-state index is 2.34. The largest absolute Gasteiger partial charge is 0.0683 e. The molecule has 0 saturated heterocycles. The minimum Gasteiger partial charge on any atom is -0.0683 e. The zero-order chi connectivity index (χ0) is 12.7. The van der Waals surface area contributed by atoms with Crippen LogP contribution >= 0.6 is 0 Å². The van der Waals surface area contributed by atoms with Gasteiger partial charge in [0.15, 0.2) is 0 Å². The molecule has 0 nitrogen and oxygen atoms in total. The van der Waals surface area contributed by atoms with Gasteiger partial charge in [-0.3, -0.25) is 0 Å². The summed E-state index contributed by atoms with van der Waals surface area (Å²) in [6.07, 6.45) is 7.06. The Morgan fingerprint density at radius 3 is 2.18 bits per heavy atom. The van der Waals surface area contributed by atoms with E-state index in [4.69, 9.17) is 0 Å². The molecule has 1 saturated carbocycles. The van der Waals surface area contributed by atoms with E-state index < -0.39 is 0 Å². The molecule has 0 aliphatic heterocycles. The van der Waals surface area contributed by atoms with Crippen LogP contribution in [0.1, 0.15) is 69.9 Å². The predicted molar refractivity (Wildman–Crippen MR) is 77.5 cm³/mol. The molecule has 2 atom stereocenters. The van der Waals surface area contributed by atoms with Crippen molar-refractivity contribution in [3.05, 3.63) is 35.4 Å². The monoisotopic (exact) mass is 232 g/mol. The fourth-order valence-corrected chi connectivity index (χ4v) is 2.95. The average Bonchev–Trinajstić information content (AvgIpc) is 2.42. The van der Waals surface area contributed by atoms with Gasteiger partial charge >= 0.3 is 0 Å². The van der Waals surface area contributed by atoms with Crippen LogP contribution in [0.2, 0.25) is 0 Å². The van der Waals surface area contributed by atoms with E-state index in [1.54, 1.807) is 5.56 Å². The minimum absolute atomic E-state index is 0.837. The Morgan fingerprint density at radius 2 is 1.59 bits per heavy atom. The number of hydrogen-bond acceptors (Lipinski definition) is 0. The minimum atomic E-state index is 0.837. The second kappa shape index (κ2) is 7.53. The Morgan fingerprint density at radius 1 is 1.00 bits per heavy atom. The molecule has 0 heteroatoms. The van der Waals surface area contributed by atoms with Gasteiger partial charge < -0.3 is 0 Å². The molecular weight excluding hydrogens is 204 g/mol. The summed E-state index contributed by atoms with van der Waals surface area (Å²) in [5.41, 5.74) is 2.95. The first-order valence-electron chi connectivity index (χ1n) is 7.38. The topological polar surface area (TPSA) is 0 Å². The summed E-state index contributed by atoms with van der Waals surface area (Å²) in [7, 11) is 0. The number of hydrogen-bond donors (Lipinski definition) is 0. The van der Waals surface area contributed by atoms with E-state index in [1.807, 2.05) is 13.8 Å². The highest BCUT2D eigenvalue weighted by Crippen LogP contribution is 2.39. The third-order valence-electron chi connectivity index (χ3n) is 3.94. The van der Waals surface area contributed by atoms with Crippen molar-refractivity contribution in [1.82, 2.24) is 0 Å². The number of benzene rings is 1. The predicted octanol–water partition coefficient (Wildman–Crippen LogP) is 5.71. The Labute approximate surface area is 107 Å². The molecule has 1 aliphatic carbocycles. The normalized spacial score (nSPS) is 23.8. The van der Waals surface area contributed by atoms with Gasteiger partial charge in [0.1, 0.15) is 0 Å². The molecule has 0 heterocycles. The average molecular weight is 232 g/mol. The Bertz CT molecular complexity index is 296. The lowest BCUT2D eigenvalue weighted by molar-refractivity contribution is 0.299. The Kier molecular flexibility index (Phi) is 6.32. The van der Waals surface area contributed by atoms with Gasteiger partial charge in [-0.05, 0) is 37.2 Å². The van der Waals surface area contributed by atoms with E-state index in [1.165, 1.54) is 37.7 Å². The first-order chi connectivity index (χ1) is 8.31. The molecule has 0 bridgehead atoms. The second-order valence-corrected chi connectivity index (χ2v) is 4.97. The second-order valence-electron chi connectivity index (χ2n) is 4.97. The highest BCUT2D eigenvalue weighted by Gasteiger charge is 2.24. The molecule has 0 spiro atoms. The Balaban J connectivity index is 0.000000686. The molecule has 1 unspecified atom stereocenters. The van der Waals surface area contributed by atoms with Crippen LogP contribution in [0.5, 0.6) is 0 Å². The summed E-state index contributed by atoms with van der Waals surface area (Å²) in [5, 5.41) is 0. The van der Waals surface area contributed by atoms with Gasteiger partial charge in [0.05, 0.1) is 0 Å². The van der Waals surface area contributed by atoms with Gasteiger partial charge in [0.25, 0.3) is 0 Å². The van der Waals surface area contributed by atoms with Crippen molar-refractivity contribution in [3.63, 3.8) is 0 Å². The van der Waals surface area contributed by atoms with Crippen molar-refractivity contribution in [3.8, 4) is 0 Å². The molecule has 1 fully saturated rings. The van der Waals surface area contributed by atoms with Crippen molar-refractivity contribution in [2.24, 2.45) is 5.92 Å². The molecule has 96 valence electrons. The fourth-order valence-electron chi connectivity index (χ4n) is 2.95. The van der Waals surface area contributed by atoms with E-state index in [-0.39, 0.29) is 0 Å². The van der Waals surface area contributed by atoms with Crippen LogP contribution in [0.15, 0.2) is 24.3 Å². The first-order valence-corrected chi connectivity index (χ1v) is 7.38. The summed E-state index contributed by atoms with van der Waals surface area (Å²) >= 11 is 0. The van der Waals surface area contributed by atoms with Gasteiger partial charge in [-0.1, -0.05) is 69.9 Å². The van der Waals surface area contributed by atoms with Gasteiger partial charge in [0, 0.05) is 0 Å². The Hall–Kier alpha value is -0.780. The van der Waals surface area contributed by atoms with E-state index >= 15 is 0 Å². The quantitative estimate of drug-likeness (QED) is 0.613.